The fraction of sp³-hybridized carbons (Fsp3) is 0.425. The number of ether oxygens (including phenoxy) is 2. The van der Waals surface area contributed by atoms with Crippen LogP contribution >= 0.6 is 11.8 Å². The molecule has 260 valence electrons. The van der Waals surface area contributed by atoms with E-state index in [0.717, 1.165) is 102 Å². The number of benzene rings is 3. The molecule has 0 aliphatic carbocycles. The highest BCUT2D eigenvalue weighted by Crippen LogP contribution is 2.33. The molecule has 1 amide bonds. The van der Waals surface area contributed by atoms with E-state index in [9.17, 15) is 4.79 Å². The summed E-state index contributed by atoms with van der Waals surface area (Å²) in [6.45, 7) is 13.5. The average molecular weight is 682 g/mol. The number of carbonyl (C=O) groups is 1. The van der Waals surface area contributed by atoms with Gasteiger partial charge in [0.1, 0.15) is 24.5 Å². The van der Waals surface area contributed by atoms with Gasteiger partial charge in [0.2, 0.25) is 0 Å². The van der Waals surface area contributed by atoms with Crippen molar-refractivity contribution in [2.75, 3.05) is 43.1 Å². The Morgan fingerprint density at radius 2 is 1.76 bits per heavy atom. The SMILES string of the molecule is CCCCOCCOc1ccc(-c2ccc3c(c2)C=C(C(=O)Nc2ccc(SCc4nncn4CCC)cc2)CCCN3CC(C)C)cc1. The molecular formula is C40H51N5O3S. The molecule has 8 nitrogen and oxygen atoms in total. The van der Waals surface area contributed by atoms with Crippen LogP contribution in [0.3, 0.4) is 0 Å². The molecule has 0 saturated heterocycles. The molecule has 0 radical (unpaired) electrons. The third kappa shape index (κ3) is 10.7. The number of unbranched alkanes of at least 4 members (excludes halogenated alkanes) is 1. The highest BCUT2D eigenvalue weighted by Gasteiger charge is 2.19. The molecule has 0 unspecified atom stereocenters. The maximum Gasteiger partial charge on any atom is 0.251 e. The second kappa shape index (κ2) is 18.6. The number of carbonyl (C=O) groups excluding carboxylic acids is 1. The first kappa shape index (κ1) is 36.2. The van der Waals surface area contributed by atoms with Gasteiger partial charge in [0, 0.05) is 48.1 Å². The summed E-state index contributed by atoms with van der Waals surface area (Å²) in [5.41, 5.74) is 6.03. The lowest BCUT2D eigenvalue weighted by Crippen LogP contribution is -2.30. The number of rotatable bonds is 17. The molecule has 1 aliphatic heterocycles. The number of hydrogen-bond donors (Lipinski definition) is 1. The summed E-state index contributed by atoms with van der Waals surface area (Å²) in [5, 5.41) is 11.5. The van der Waals surface area contributed by atoms with Gasteiger partial charge in [0.25, 0.3) is 5.91 Å². The second-order valence-electron chi connectivity index (χ2n) is 12.9. The standard InChI is InChI=1S/C40H51N5O3S/c1-5-7-22-47-23-24-48-36-15-10-31(11-16-36)32-12-19-38-34(25-32)26-33(9-8-21-44(38)27-30(3)4)40(46)42-35-13-17-37(18-14-35)49-28-39-43-41-29-45(39)20-6-2/h10-19,25-26,29-30H,5-9,20-24,27-28H2,1-4H3,(H,42,46). The summed E-state index contributed by atoms with van der Waals surface area (Å²) in [7, 11) is 0. The van der Waals surface area contributed by atoms with Crippen LogP contribution in [0.4, 0.5) is 11.4 Å². The highest BCUT2D eigenvalue weighted by molar-refractivity contribution is 7.98. The van der Waals surface area contributed by atoms with Crippen molar-refractivity contribution in [1.82, 2.24) is 14.8 Å². The zero-order chi connectivity index (χ0) is 34.4. The smallest absolute Gasteiger partial charge is 0.251 e. The molecule has 0 spiro atoms. The molecule has 1 N–H and O–H groups in total. The van der Waals surface area contributed by atoms with Crippen molar-refractivity contribution in [2.45, 2.75) is 77.0 Å². The summed E-state index contributed by atoms with van der Waals surface area (Å²) in [6.07, 6.45) is 8.76. The third-order valence-corrected chi connectivity index (χ3v) is 9.42. The van der Waals surface area contributed by atoms with Crippen LogP contribution in [0.1, 0.15) is 71.2 Å². The van der Waals surface area contributed by atoms with Crippen molar-refractivity contribution >= 4 is 35.1 Å². The second-order valence-corrected chi connectivity index (χ2v) is 14.0. The summed E-state index contributed by atoms with van der Waals surface area (Å²) in [6, 6.07) is 22.9. The normalized spacial score (nSPS) is 13.1. The van der Waals surface area contributed by atoms with E-state index in [0.29, 0.717) is 25.6 Å². The number of aryl methyl sites for hydroxylation is 1. The van der Waals surface area contributed by atoms with Crippen molar-refractivity contribution in [2.24, 2.45) is 5.92 Å². The maximum atomic E-state index is 13.7. The van der Waals surface area contributed by atoms with Crippen molar-refractivity contribution in [1.29, 1.82) is 0 Å². The predicted octanol–water partition coefficient (Wildman–Crippen LogP) is 9.12. The Balaban J connectivity index is 1.28. The van der Waals surface area contributed by atoms with E-state index in [1.165, 1.54) is 5.69 Å². The molecule has 4 aromatic rings. The Bertz CT molecular complexity index is 1650. The molecule has 9 heteroatoms. The zero-order valence-corrected chi connectivity index (χ0v) is 30.3. The van der Waals surface area contributed by atoms with Gasteiger partial charge in [0.15, 0.2) is 0 Å². The Morgan fingerprint density at radius 1 is 0.959 bits per heavy atom. The molecule has 0 bridgehead atoms. The first-order valence-electron chi connectivity index (χ1n) is 17.7. The van der Waals surface area contributed by atoms with E-state index in [1.807, 2.05) is 24.3 Å². The van der Waals surface area contributed by atoms with Gasteiger partial charge < -0.3 is 24.3 Å². The lowest BCUT2D eigenvalue weighted by Gasteiger charge is -2.30. The molecule has 0 atom stereocenters. The molecule has 3 aromatic carbocycles. The van der Waals surface area contributed by atoms with E-state index >= 15 is 0 Å². The highest BCUT2D eigenvalue weighted by atomic mass is 32.2. The van der Waals surface area contributed by atoms with Crippen LogP contribution in [0, 0.1) is 5.92 Å². The Labute approximate surface area is 296 Å². The zero-order valence-electron chi connectivity index (χ0n) is 29.5. The van der Waals surface area contributed by atoms with E-state index in [2.05, 4.69) is 101 Å². The van der Waals surface area contributed by atoms with Crippen molar-refractivity contribution in [3.8, 4) is 16.9 Å². The van der Waals surface area contributed by atoms with Crippen LogP contribution in [0.5, 0.6) is 5.75 Å². The van der Waals surface area contributed by atoms with Gasteiger partial charge in [-0.2, -0.15) is 0 Å². The fourth-order valence-electron chi connectivity index (χ4n) is 5.91. The summed E-state index contributed by atoms with van der Waals surface area (Å²) >= 11 is 1.72. The number of fused-ring (bicyclic) bond motifs is 1. The Morgan fingerprint density at radius 3 is 2.51 bits per heavy atom. The number of nitrogens with zero attached hydrogens (tertiary/aromatic N) is 4. The molecule has 49 heavy (non-hydrogen) atoms. The van der Waals surface area contributed by atoms with Crippen LogP contribution in [0.15, 0.2) is 83.5 Å². The van der Waals surface area contributed by atoms with Gasteiger partial charge in [0.05, 0.1) is 12.4 Å². The van der Waals surface area contributed by atoms with Gasteiger partial charge in [-0.15, -0.1) is 22.0 Å². The van der Waals surface area contributed by atoms with E-state index < -0.39 is 0 Å². The largest absolute Gasteiger partial charge is 0.491 e. The van der Waals surface area contributed by atoms with Crippen molar-refractivity contribution < 1.29 is 14.3 Å². The molecular weight excluding hydrogens is 631 g/mol. The molecule has 0 fully saturated rings. The van der Waals surface area contributed by atoms with Gasteiger partial charge in [-0.05, 0) is 103 Å². The first-order chi connectivity index (χ1) is 23.9. The van der Waals surface area contributed by atoms with Crippen LogP contribution in [-0.4, -0.2) is 53.6 Å². The maximum absolute atomic E-state index is 13.7. The molecule has 1 aromatic heterocycles. The topological polar surface area (TPSA) is 81.5 Å². The number of thioether (sulfide) groups is 1. The summed E-state index contributed by atoms with van der Waals surface area (Å²) in [4.78, 5) is 17.3. The molecule has 0 saturated carbocycles. The number of aromatic nitrogens is 3. The minimum absolute atomic E-state index is 0.0538. The van der Waals surface area contributed by atoms with Crippen LogP contribution in [0.2, 0.25) is 0 Å². The monoisotopic (exact) mass is 681 g/mol. The molecule has 2 heterocycles. The minimum atomic E-state index is -0.0538. The summed E-state index contributed by atoms with van der Waals surface area (Å²) in [5.74, 6) is 3.03. The van der Waals surface area contributed by atoms with Crippen molar-refractivity contribution in [3.63, 3.8) is 0 Å². The quantitative estimate of drug-likeness (QED) is 0.0880. The van der Waals surface area contributed by atoms with Gasteiger partial charge in [-0.3, -0.25) is 4.79 Å². The van der Waals surface area contributed by atoms with Crippen LogP contribution in [-0.2, 0) is 21.8 Å². The van der Waals surface area contributed by atoms with E-state index in [1.54, 1.807) is 18.1 Å². The Hall–Kier alpha value is -4.08. The van der Waals surface area contributed by atoms with Crippen molar-refractivity contribution in [3.05, 3.63) is 90.0 Å². The lowest BCUT2D eigenvalue weighted by molar-refractivity contribution is -0.112. The van der Waals surface area contributed by atoms with Crippen LogP contribution < -0.4 is 15.0 Å². The third-order valence-electron chi connectivity index (χ3n) is 8.42. The average Bonchev–Trinajstić information content (AvgIpc) is 3.54. The van der Waals surface area contributed by atoms with Gasteiger partial charge >= 0.3 is 0 Å². The fourth-order valence-corrected chi connectivity index (χ4v) is 6.76. The Kier molecular flexibility index (Phi) is 13.8. The summed E-state index contributed by atoms with van der Waals surface area (Å²) < 4.78 is 13.6. The number of anilines is 2. The lowest BCUT2D eigenvalue weighted by atomic mass is 9.96. The van der Waals surface area contributed by atoms with Gasteiger partial charge in [-0.25, -0.2) is 0 Å². The predicted molar refractivity (Wildman–Crippen MR) is 202 cm³/mol. The number of amides is 1. The minimum Gasteiger partial charge on any atom is -0.491 e. The van der Waals surface area contributed by atoms with Crippen LogP contribution in [0.25, 0.3) is 17.2 Å². The number of hydrogen-bond acceptors (Lipinski definition) is 7. The van der Waals surface area contributed by atoms with Gasteiger partial charge in [-0.1, -0.05) is 52.3 Å². The molecule has 1 aliphatic rings. The first-order valence-corrected chi connectivity index (χ1v) is 18.7. The number of nitrogens with one attached hydrogen (secondary N) is 1. The molecule has 5 rings (SSSR count). The van der Waals surface area contributed by atoms with E-state index in [-0.39, 0.29) is 5.91 Å². The van der Waals surface area contributed by atoms with E-state index in [4.69, 9.17) is 9.47 Å².